The lowest BCUT2D eigenvalue weighted by Crippen LogP contribution is -2.30. The fourth-order valence-corrected chi connectivity index (χ4v) is 8.37. The van der Waals surface area contributed by atoms with Gasteiger partial charge in [0.05, 0.1) is 137 Å². The van der Waals surface area contributed by atoms with Crippen LogP contribution in [-0.2, 0) is 71.1 Å². The summed E-state index contributed by atoms with van der Waals surface area (Å²) in [5.41, 5.74) is 0. The molecule has 26 nitrogen and oxygen atoms in total. The molecule has 510 valence electrons. The van der Waals surface area contributed by atoms with Crippen molar-refractivity contribution in [1.82, 2.24) is 0 Å². The van der Waals surface area contributed by atoms with E-state index in [1.807, 2.05) is 0 Å². The molecule has 0 saturated carbocycles. The second-order valence-corrected chi connectivity index (χ2v) is 21.7. The van der Waals surface area contributed by atoms with Crippen molar-refractivity contribution in [2.75, 3.05) is 205 Å². The van der Waals surface area contributed by atoms with Gasteiger partial charge in [0.15, 0.2) is 6.29 Å². The molecular formula is C59H118O26. The molecule has 3 unspecified atom stereocenters. The summed E-state index contributed by atoms with van der Waals surface area (Å²) < 4.78 is 74.0. The molecule has 12 heterocycles. The highest BCUT2D eigenvalue weighted by atomic mass is 16.7. The van der Waals surface area contributed by atoms with Crippen LogP contribution in [0.4, 0.5) is 0 Å². The largest absolute Gasteiger partial charge is 0.396 e. The van der Waals surface area contributed by atoms with Crippen LogP contribution < -0.4 is 0 Å². The Kier molecular flexibility index (Phi) is 58.4. The Morgan fingerprint density at radius 3 is 0.800 bits per heavy atom. The molecule has 0 aliphatic carbocycles. The Hall–Kier alpha value is -1.04. The molecule has 12 aliphatic heterocycles. The monoisotopic (exact) mass is 1240 g/mol. The van der Waals surface area contributed by atoms with Gasteiger partial charge in [-0.25, -0.2) is 0 Å². The summed E-state index contributed by atoms with van der Waals surface area (Å²) in [6, 6.07) is 0. The highest BCUT2D eigenvalue weighted by Gasteiger charge is 2.19. The third-order valence-corrected chi connectivity index (χ3v) is 14.5. The summed E-state index contributed by atoms with van der Waals surface area (Å²) in [5, 5.41) is 92.6. The zero-order valence-corrected chi connectivity index (χ0v) is 51.5. The first kappa shape index (κ1) is 82.0. The zero-order valence-electron chi connectivity index (χ0n) is 51.5. The van der Waals surface area contributed by atoms with Crippen LogP contribution in [0.15, 0.2) is 0 Å². The van der Waals surface area contributed by atoms with Gasteiger partial charge in [0.2, 0.25) is 0 Å². The van der Waals surface area contributed by atoms with Crippen molar-refractivity contribution in [1.29, 1.82) is 0 Å². The maximum atomic E-state index is 8.61. The quantitative estimate of drug-likeness (QED) is 0.127. The van der Waals surface area contributed by atoms with Gasteiger partial charge in [-0.15, -0.1) is 0 Å². The molecule has 11 N–H and O–H groups in total. The van der Waals surface area contributed by atoms with E-state index < -0.39 is 0 Å². The molecule has 0 aromatic rings. The molecule has 0 aromatic heterocycles. The van der Waals surface area contributed by atoms with E-state index in [4.69, 9.17) is 127 Å². The normalized spacial score (nSPS) is 29.3. The second-order valence-electron chi connectivity index (χ2n) is 21.7. The number of hydrogen-bond acceptors (Lipinski definition) is 26. The van der Waals surface area contributed by atoms with Crippen molar-refractivity contribution in [3.63, 3.8) is 0 Å². The second kappa shape index (κ2) is 60.5. The topological polar surface area (TPSA) is 361 Å². The van der Waals surface area contributed by atoms with Crippen LogP contribution in [0, 0.1) is 29.6 Å². The minimum atomic E-state index is -0.347. The number of aliphatic hydroxyl groups is 11. The number of aliphatic hydroxyl groups excluding tert-OH is 11. The third-order valence-electron chi connectivity index (χ3n) is 14.5. The van der Waals surface area contributed by atoms with Gasteiger partial charge in [0.1, 0.15) is 25.8 Å². The van der Waals surface area contributed by atoms with Crippen LogP contribution >= 0.6 is 0 Å². The van der Waals surface area contributed by atoms with E-state index in [9.17, 15) is 0 Å². The summed E-state index contributed by atoms with van der Waals surface area (Å²) in [7, 11) is 0. The van der Waals surface area contributed by atoms with Gasteiger partial charge < -0.3 is 127 Å². The maximum Gasteiger partial charge on any atom is 0.180 e. The number of ether oxygens (including phenoxy) is 15. The van der Waals surface area contributed by atoms with Gasteiger partial charge in [-0.2, -0.15) is 0 Å². The van der Waals surface area contributed by atoms with Crippen LogP contribution in [0.25, 0.3) is 0 Å². The van der Waals surface area contributed by atoms with Crippen LogP contribution in [-0.4, -0.2) is 304 Å². The predicted molar refractivity (Wildman–Crippen MR) is 310 cm³/mol. The Morgan fingerprint density at radius 1 is 0.235 bits per heavy atom. The first-order chi connectivity index (χ1) is 41.7. The van der Waals surface area contributed by atoms with Gasteiger partial charge in [-0.05, 0) is 95.8 Å². The molecule has 0 radical (unpaired) electrons. The lowest BCUT2D eigenvalue weighted by atomic mass is 9.98. The molecule has 12 aliphatic rings. The Balaban J connectivity index is 0.000000464. The number of rotatable bonds is 12. The maximum absolute atomic E-state index is 8.61. The first-order valence-corrected chi connectivity index (χ1v) is 31.4. The van der Waals surface area contributed by atoms with Crippen molar-refractivity contribution in [2.45, 2.75) is 146 Å². The SMILES string of the molecule is CCC1CCOCC1.OCC1CCCCO1.OCC1CCCOC1.OCC1CCO1.OCC1COC1.OCC1OCCO1.OC[C@@H]1CCCO1.OC[C@@H]1CCOC1.OC[C@@H]1COCO1.OC[C@H]1CCCO1.OC[C@H]1CCOC1.OC[C@H]1COCO1. The molecule has 12 rings (SSSR count). The van der Waals surface area contributed by atoms with Crippen molar-refractivity contribution in [3.05, 3.63) is 0 Å². The van der Waals surface area contributed by atoms with Crippen molar-refractivity contribution in [2.24, 2.45) is 29.6 Å². The summed E-state index contributed by atoms with van der Waals surface area (Å²) in [5.74, 6) is 2.69. The van der Waals surface area contributed by atoms with Gasteiger partial charge in [0, 0.05) is 103 Å². The van der Waals surface area contributed by atoms with Crippen molar-refractivity contribution >= 4 is 0 Å². The smallest absolute Gasteiger partial charge is 0.180 e. The minimum absolute atomic E-state index is 0.0278. The highest BCUT2D eigenvalue weighted by molar-refractivity contribution is 4.66. The summed E-state index contributed by atoms with van der Waals surface area (Å²) in [6.07, 6.45) is 17.1. The molecular weight excluding hydrogens is 1120 g/mol. The van der Waals surface area contributed by atoms with E-state index in [0.717, 1.165) is 169 Å². The van der Waals surface area contributed by atoms with Gasteiger partial charge in [0.25, 0.3) is 0 Å². The number of hydrogen-bond donors (Lipinski definition) is 11. The van der Waals surface area contributed by atoms with Gasteiger partial charge in [-0.1, -0.05) is 13.3 Å². The molecule has 0 spiro atoms. The van der Waals surface area contributed by atoms with Crippen LogP contribution in [0.2, 0.25) is 0 Å². The van der Waals surface area contributed by atoms with Crippen molar-refractivity contribution in [3.8, 4) is 0 Å². The Bertz CT molecular complexity index is 1070. The summed E-state index contributed by atoms with van der Waals surface area (Å²) in [6.45, 7) is 19.0. The van der Waals surface area contributed by atoms with E-state index in [-0.39, 0.29) is 89.2 Å². The van der Waals surface area contributed by atoms with Gasteiger partial charge >= 0.3 is 0 Å². The van der Waals surface area contributed by atoms with Crippen LogP contribution in [0.1, 0.15) is 103 Å². The lowest BCUT2D eigenvalue weighted by Gasteiger charge is -2.23. The van der Waals surface area contributed by atoms with E-state index in [1.54, 1.807) is 0 Å². The van der Waals surface area contributed by atoms with Gasteiger partial charge in [-0.3, -0.25) is 0 Å². The molecule has 85 heavy (non-hydrogen) atoms. The Labute approximate surface area is 506 Å². The Morgan fingerprint density at radius 2 is 0.600 bits per heavy atom. The van der Waals surface area contributed by atoms with Crippen molar-refractivity contribution < 1.29 is 127 Å². The molecule has 26 heteroatoms. The molecule has 12 fully saturated rings. The summed E-state index contributed by atoms with van der Waals surface area (Å²) in [4.78, 5) is 0. The van der Waals surface area contributed by atoms with Crippen LogP contribution in [0.5, 0.6) is 0 Å². The molecule has 12 saturated heterocycles. The van der Waals surface area contributed by atoms with E-state index in [1.165, 1.54) is 25.7 Å². The lowest BCUT2D eigenvalue weighted by molar-refractivity contribution is -0.0773. The fourth-order valence-electron chi connectivity index (χ4n) is 8.37. The minimum Gasteiger partial charge on any atom is -0.396 e. The van der Waals surface area contributed by atoms with E-state index in [2.05, 4.69) is 6.92 Å². The zero-order chi connectivity index (χ0) is 62.1. The third kappa shape index (κ3) is 46.7. The molecule has 0 bridgehead atoms. The standard InChI is InChI=1S/C7H14O.2C6H12O2.4C5H10O2.3C4H8O3.2C4H8O2/c1-2-7-3-5-8-6-4-7;7-4-6-2-1-3-8-5-6;7-5-6-3-1-2-4-8-6;2*6-3-5-1-2-7-4-5;2*6-4-5-2-1-3-7-5;2*5-1-4-2-6-3-7-4;5-3-4-6-1-2-7-4;5-1-4-2-6-3-4;5-3-4-1-2-6-4/h7H,2-6H2,1H3;2*6-7H,1-5H2;4*5-6H,1-4H2;3*4-5H,1-3H2;2*4-5H,1-3H2/t;;;4*5-;2*4-;;;/m...101010.../s1. The first-order valence-electron chi connectivity index (χ1n) is 31.4. The van der Waals surface area contributed by atoms with E-state index in [0.29, 0.717) is 90.1 Å². The predicted octanol–water partition coefficient (Wildman–Crippen LogP) is 0.569. The molecule has 0 amide bonds. The molecule has 0 aromatic carbocycles. The highest BCUT2D eigenvalue weighted by Crippen LogP contribution is 2.18. The van der Waals surface area contributed by atoms with E-state index >= 15 is 0 Å². The van der Waals surface area contributed by atoms with Crippen LogP contribution in [0.3, 0.4) is 0 Å². The average Bonchev–Trinajstić information content (AvgIpc) is 4.41. The average molecular weight is 1240 g/mol. The molecule has 9 atom stereocenters. The fraction of sp³-hybridized carbons (Fsp3) is 1.00. The summed E-state index contributed by atoms with van der Waals surface area (Å²) >= 11 is 0.